The van der Waals surface area contributed by atoms with Gasteiger partial charge in [0, 0.05) is 32.2 Å². The summed E-state index contributed by atoms with van der Waals surface area (Å²) in [6.07, 6.45) is 2.56. The molecule has 158 valence electrons. The average molecular weight is 403 g/mol. The van der Waals surface area contributed by atoms with Crippen LogP contribution in [-0.4, -0.2) is 90.6 Å². The Hall–Kier alpha value is -2.45. The van der Waals surface area contributed by atoms with E-state index in [1.54, 1.807) is 4.90 Å². The van der Waals surface area contributed by atoms with Gasteiger partial charge in [0.25, 0.3) is 12.4 Å². The normalized spacial score (nSPS) is 24.5. The number of amides is 2. The lowest BCUT2D eigenvalue weighted by Crippen LogP contribution is -2.45. The summed E-state index contributed by atoms with van der Waals surface area (Å²) in [5.41, 5.74) is 1.95. The van der Waals surface area contributed by atoms with Crippen LogP contribution in [0.2, 0.25) is 0 Å². The molecule has 8 heteroatoms. The third kappa shape index (κ3) is 5.13. The van der Waals surface area contributed by atoms with Crippen LogP contribution in [0.15, 0.2) is 24.3 Å². The summed E-state index contributed by atoms with van der Waals surface area (Å²) in [5.74, 6) is -0.160. The lowest BCUT2D eigenvalue weighted by molar-refractivity contribution is -0.134. The van der Waals surface area contributed by atoms with E-state index in [0.29, 0.717) is 31.9 Å². The van der Waals surface area contributed by atoms with Gasteiger partial charge < -0.3 is 19.6 Å². The Morgan fingerprint density at radius 3 is 2.48 bits per heavy atom. The maximum absolute atomic E-state index is 13.0. The van der Waals surface area contributed by atoms with E-state index in [1.807, 2.05) is 24.1 Å². The summed E-state index contributed by atoms with van der Waals surface area (Å²) in [7, 11) is 1.82. The van der Waals surface area contributed by atoms with Gasteiger partial charge in [-0.15, -0.1) is 0 Å². The molecule has 1 aromatic rings. The van der Waals surface area contributed by atoms with Crippen molar-refractivity contribution in [1.29, 1.82) is 0 Å². The summed E-state index contributed by atoms with van der Waals surface area (Å²) in [4.78, 5) is 39.8. The second-order valence-corrected chi connectivity index (χ2v) is 7.83. The van der Waals surface area contributed by atoms with Crippen molar-refractivity contribution in [2.45, 2.75) is 25.4 Å². The zero-order valence-corrected chi connectivity index (χ0v) is 16.8. The van der Waals surface area contributed by atoms with Crippen molar-refractivity contribution < 1.29 is 24.2 Å². The van der Waals surface area contributed by atoms with Crippen LogP contribution in [0.25, 0.3) is 0 Å². The Kier molecular flexibility index (Phi) is 7.22. The zero-order chi connectivity index (χ0) is 20.8. The largest absolute Gasteiger partial charge is 0.483 e. The predicted octanol–water partition coefficient (Wildman–Crippen LogP) is 0.912. The third-order valence-electron chi connectivity index (χ3n) is 5.84. The van der Waals surface area contributed by atoms with Crippen LogP contribution in [0.4, 0.5) is 0 Å². The third-order valence-corrected chi connectivity index (χ3v) is 5.84. The van der Waals surface area contributed by atoms with Crippen molar-refractivity contribution in [2.75, 3.05) is 46.4 Å². The van der Waals surface area contributed by atoms with Crippen LogP contribution in [0.5, 0.6) is 0 Å². The highest BCUT2D eigenvalue weighted by molar-refractivity contribution is 5.95. The number of nitrogens with zero attached hydrogens (tertiary/aromatic N) is 3. The molecule has 0 aliphatic carbocycles. The minimum atomic E-state index is -0.258. The second kappa shape index (κ2) is 9.84. The first-order valence-electron chi connectivity index (χ1n) is 10.1. The summed E-state index contributed by atoms with van der Waals surface area (Å²) in [5, 5.41) is 6.89. The smallest absolute Gasteiger partial charge is 0.290 e. The average Bonchev–Trinajstić information content (AvgIpc) is 3.13. The van der Waals surface area contributed by atoms with Crippen LogP contribution in [0.3, 0.4) is 0 Å². The SMILES string of the molecule is CN1C(=O)[C@H]2COC[C@@H]1CN(C(=O)c1ccc(CN3CCCC3)cc1)C2.O=CO. The number of fused-ring (bicyclic) bond motifs is 3. The number of carboxylic acid groups (broad SMARTS) is 1. The standard InChI is InChI=1S/C20H27N3O3.CH2O2/c1-21-18-12-23(11-17(19(21)24)13-26-14-18)20(25)16-6-4-15(5-7-16)10-22-8-2-3-9-22;2-1-3/h4-7,17-18H,2-3,8-14H2,1H3;1H,(H,2,3)/t17-,18+;/m1./s1. The molecule has 3 aliphatic heterocycles. The summed E-state index contributed by atoms with van der Waals surface area (Å²) in [6, 6.07) is 7.91. The monoisotopic (exact) mass is 403 g/mol. The molecule has 3 fully saturated rings. The molecule has 3 saturated heterocycles. The first-order valence-corrected chi connectivity index (χ1v) is 10.1. The molecule has 2 atom stereocenters. The molecule has 29 heavy (non-hydrogen) atoms. The number of ether oxygens (including phenoxy) is 1. The Bertz CT molecular complexity index is 718. The molecule has 3 heterocycles. The second-order valence-electron chi connectivity index (χ2n) is 7.83. The Balaban J connectivity index is 0.000000755. The zero-order valence-electron chi connectivity index (χ0n) is 16.8. The van der Waals surface area contributed by atoms with Gasteiger partial charge in [-0.25, -0.2) is 0 Å². The van der Waals surface area contributed by atoms with Crippen LogP contribution in [0, 0.1) is 5.92 Å². The molecular formula is C21H29N3O5. The molecule has 2 bridgehead atoms. The summed E-state index contributed by atoms with van der Waals surface area (Å²) >= 11 is 0. The minimum absolute atomic E-state index is 0.0118. The number of hydrogen-bond donors (Lipinski definition) is 1. The number of benzene rings is 1. The quantitative estimate of drug-likeness (QED) is 0.755. The Labute approximate surface area is 171 Å². The molecule has 2 amide bonds. The maximum Gasteiger partial charge on any atom is 0.290 e. The fourth-order valence-corrected chi connectivity index (χ4v) is 4.20. The highest BCUT2D eigenvalue weighted by Crippen LogP contribution is 2.21. The van der Waals surface area contributed by atoms with Crippen molar-refractivity contribution in [2.24, 2.45) is 5.92 Å². The molecule has 3 aliphatic rings. The topological polar surface area (TPSA) is 90.4 Å². The Morgan fingerprint density at radius 1 is 1.17 bits per heavy atom. The molecule has 0 unspecified atom stereocenters. The van der Waals surface area contributed by atoms with E-state index in [9.17, 15) is 9.59 Å². The number of likely N-dealkylation sites (tertiary alicyclic amines) is 1. The lowest BCUT2D eigenvalue weighted by atomic mass is 10.1. The number of carbonyl (C=O) groups excluding carboxylic acids is 2. The fourth-order valence-electron chi connectivity index (χ4n) is 4.20. The van der Waals surface area contributed by atoms with Crippen molar-refractivity contribution in [3.8, 4) is 0 Å². The van der Waals surface area contributed by atoms with Gasteiger partial charge in [0.2, 0.25) is 5.91 Å². The van der Waals surface area contributed by atoms with Gasteiger partial charge in [-0.3, -0.25) is 19.3 Å². The van der Waals surface area contributed by atoms with E-state index in [2.05, 4.69) is 17.0 Å². The first kappa shape index (κ1) is 21.3. The Morgan fingerprint density at radius 2 is 1.83 bits per heavy atom. The highest BCUT2D eigenvalue weighted by Gasteiger charge is 2.38. The number of carbonyl (C=O) groups is 3. The van der Waals surface area contributed by atoms with E-state index >= 15 is 0 Å². The van der Waals surface area contributed by atoms with Gasteiger partial charge in [0.1, 0.15) is 0 Å². The van der Waals surface area contributed by atoms with E-state index in [1.165, 1.54) is 31.5 Å². The molecule has 0 saturated carbocycles. The van der Waals surface area contributed by atoms with Crippen LogP contribution >= 0.6 is 0 Å². The first-order chi connectivity index (χ1) is 14.0. The minimum Gasteiger partial charge on any atom is -0.483 e. The van der Waals surface area contributed by atoms with Crippen molar-refractivity contribution in [3.05, 3.63) is 35.4 Å². The highest BCUT2D eigenvalue weighted by atomic mass is 16.5. The molecule has 1 aromatic carbocycles. The van der Waals surface area contributed by atoms with E-state index in [0.717, 1.165) is 6.54 Å². The molecule has 0 aromatic heterocycles. The van der Waals surface area contributed by atoms with Crippen molar-refractivity contribution in [3.63, 3.8) is 0 Å². The number of rotatable bonds is 3. The van der Waals surface area contributed by atoms with Gasteiger partial charge in [-0.2, -0.15) is 0 Å². The molecule has 8 nitrogen and oxygen atoms in total. The van der Waals surface area contributed by atoms with Gasteiger partial charge in [-0.1, -0.05) is 12.1 Å². The summed E-state index contributed by atoms with van der Waals surface area (Å²) < 4.78 is 5.61. The van der Waals surface area contributed by atoms with Crippen molar-refractivity contribution >= 4 is 18.3 Å². The maximum atomic E-state index is 13.0. The predicted molar refractivity (Wildman–Crippen MR) is 106 cm³/mol. The van der Waals surface area contributed by atoms with Gasteiger partial charge in [-0.05, 0) is 43.6 Å². The molecule has 0 spiro atoms. The molecule has 1 N–H and O–H groups in total. The van der Waals surface area contributed by atoms with E-state index in [4.69, 9.17) is 14.6 Å². The molecular weight excluding hydrogens is 374 g/mol. The van der Waals surface area contributed by atoms with Crippen LogP contribution < -0.4 is 0 Å². The van der Waals surface area contributed by atoms with Gasteiger partial charge in [0.05, 0.1) is 25.2 Å². The van der Waals surface area contributed by atoms with Crippen LogP contribution in [-0.2, 0) is 20.9 Å². The lowest BCUT2D eigenvalue weighted by Gasteiger charge is -2.29. The van der Waals surface area contributed by atoms with E-state index < -0.39 is 0 Å². The number of hydrogen-bond acceptors (Lipinski definition) is 5. The number of likely N-dealkylation sites (N-methyl/N-ethyl adjacent to an activating group) is 1. The fraction of sp³-hybridized carbons (Fsp3) is 0.571. The molecule has 4 rings (SSSR count). The van der Waals surface area contributed by atoms with Crippen molar-refractivity contribution in [1.82, 2.24) is 14.7 Å². The van der Waals surface area contributed by atoms with E-state index in [-0.39, 0.29) is 30.2 Å². The van der Waals surface area contributed by atoms with Gasteiger partial charge >= 0.3 is 0 Å². The van der Waals surface area contributed by atoms with Gasteiger partial charge in [0.15, 0.2) is 0 Å². The summed E-state index contributed by atoms with van der Waals surface area (Å²) in [6.45, 7) is 4.91. The van der Waals surface area contributed by atoms with Crippen LogP contribution in [0.1, 0.15) is 28.8 Å². The molecule has 0 radical (unpaired) electrons.